The van der Waals surface area contributed by atoms with E-state index < -0.39 is 23.2 Å². The second kappa shape index (κ2) is 6.52. The molecule has 0 aliphatic rings. The van der Waals surface area contributed by atoms with Gasteiger partial charge in [-0.2, -0.15) is 18.4 Å². The molecular formula is C15H9ClF3N5O. The molecule has 25 heavy (non-hydrogen) atoms. The number of hydrogen-bond donors (Lipinski definition) is 2. The van der Waals surface area contributed by atoms with Crippen LogP contribution in [0.25, 0.3) is 11.4 Å². The van der Waals surface area contributed by atoms with Gasteiger partial charge in [-0.05, 0) is 35.5 Å². The molecule has 0 spiro atoms. The van der Waals surface area contributed by atoms with Gasteiger partial charge in [0.15, 0.2) is 0 Å². The monoisotopic (exact) mass is 367 g/mol. The van der Waals surface area contributed by atoms with E-state index in [1.807, 2.05) is 0 Å². The molecule has 3 aromatic rings. The molecule has 0 fully saturated rings. The molecule has 3 rings (SSSR count). The minimum Gasteiger partial charge on any atom is -0.321 e. The molecule has 1 aromatic heterocycles. The molecule has 0 aliphatic carbocycles. The number of halogens is 4. The van der Waals surface area contributed by atoms with Gasteiger partial charge in [-0.1, -0.05) is 23.7 Å². The Labute approximate surface area is 144 Å². The zero-order valence-electron chi connectivity index (χ0n) is 12.3. The van der Waals surface area contributed by atoms with Crippen molar-refractivity contribution in [2.75, 3.05) is 5.32 Å². The van der Waals surface area contributed by atoms with Crippen molar-refractivity contribution in [3.05, 3.63) is 58.6 Å². The van der Waals surface area contributed by atoms with Crippen LogP contribution in [-0.2, 0) is 6.18 Å². The number of nitrogens with one attached hydrogen (secondary N) is 2. The lowest BCUT2D eigenvalue weighted by Crippen LogP contribution is -2.19. The molecule has 1 heterocycles. The van der Waals surface area contributed by atoms with E-state index in [1.165, 1.54) is 30.3 Å². The summed E-state index contributed by atoms with van der Waals surface area (Å²) in [6.45, 7) is 0. The SMILES string of the molecule is O=C(Nc1cc(Cl)ccc1-c1nn[nH]n1)c1ccccc1C(F)(F)F. The van der Waals surface area contributed by atoms with Crippen LogP contribution in [-0.4, -0.2) is 26.5 Å². The predicted octanol–water partition coefficient (Wildman–Crippen LogP) is 3.79. The molecule has 0 bridgehead atoms. The van der Waals surface area contributed by atoms with E-state index in [1.54, 1.807) is 0 Å². The quantitative estimate of drug-likeness (QED) is 0.737. The number of rotatable bonds is 3. The number of H-pyrrole nitrogens is 1. The first kappa shape index (κ1) is 16.9. The molecule has 0 aliphatic heterocycles. The van der Waals surface area contributed by atoms with E-state index in [2.05, 4.69) is 25.9 Å². The molecule has 128 valence electrons. The highest BCUT2D eigenvalue weighted by atomic mass is 35.5. The molecule has 1 amide bonds. The van der Waals surface area contributed by atoms with Crippen molar-refractivity contribution in [3.8, 4) is 11.4 Å². The summed E-state index contributed by atoms with van der Waals surface area (Å²) < 4.78 is 39.2. The van der Waals surface area contributed by atoms with Crippen LogP contribution in [0.1, 0.15) is 15.9 Å². The highest BCUT2D eigenvalue weighted by Gasteiger charge is 2.35. The number of benzene rings is 2. The summed E-state index contributed by atoms with van der Waals surface area (Å²) in [5.74, 6) is -0.768. The van der Waals surface area contributed by atoms with Crippen molar-refractivity contribution in [2.45, 2.75) is 6.18 Å². The van der Waals surface area contributed by atoms with Crippen molar-refractivity contribution in [1.29, 1.82) is 0 Å². The van der Waals surface area contributed by atoms with Crippen LogP contribution in [0.2, 0.25) is 5.02 Å². The van der Waals surface area contributed by atoms with Crippen LogP contribution < -0.4 is 5.32 Å². The average Bonchev–Trinajstić information content (AvgIpc) is 3.08. The number of hydrogen-bond acceptors (Lipinski definition) is 4. The summed E-state index contributed by atoms with van der Waals surface area (Å²) >= 11 is 5.92. The maximum absolute atomic E-state index is 13.1. The topological polar surface area (TPSA) is 83.6 Å². The maximum Gasteiger partial charge on any atom is 0.417 e. The summed E-state index contributed by atoms with van der Waals surface area (Å²) in [7, 11) is 0. The zero-order chi connectivity index (χ0) is 18.0. The van der Waals surface area contributed by atoms with Crippen LogP contribution >= 0.6 is 11.6 Å². The highest BCUT2D eigenvalue weighted by molar-refractivity contribution is 6.31. The second-order valence-electron chi connectivity index (χ2n) is 4.92. The van der Waals surface area contributed by atoms with Gasteiger partial charge < -0.3 is 5.32 Å². The molecule has 0 atom stereocenters. The number of alkyl halides is 3. The van der Waals surface area contributed by atoms with Crippen molar-refractivity contribution in [1.82, 2.24) is 20.6 Å². The Balaban J connectivity index is 1.99. The fourth-order valence-electron chi connectivity index (χ4n) is 2.21. The van der Waals surface area contributed by atoms with Gasteiger partial charge in [0, 0.05) is 10.6 Å². The first-order valence-corrected chi connectivity index (χ1v) is 7.25. The van der Waals surface area contributed by atoms with Crippen LogP contribution in [0, 0.1) is 0 Å². The Kier molecular flexibility index (Phi) is 4.41. The van der Waals surface area contributed by atoms with Gasteiger partial charge in [0.2, 0.25) is 5.82 Å². The number of amides is 1. The average molecular weight is 368 g/mol. The number of anilines is 1. The zero-order valence-corrected chi connectivity index (χ0v) is 13.1. The first-order chi connectivity index (χ1) is 11.9. The summed E-state index contributed by atoms with van der Waals surface area (Å²) in [5.41, 5.74) is -1.02. The van der Waals surface area contributed by atoms with Gasteiger partial charge in [0.1, 0.15) is 0 Å². The van der Waals surface area contributed by atoms with Gasteiger partial charge >= 0.3 is 6.18 Å². The van der Waals surface area contributed by atoms with Crippen molar-refractivity contribution >= 4 is 23.2 Å². The molecular weight excluding hydrogens is 359 g/mol. The van der Waals surface area contributed by atoms with Crippen LogP contribution in [0.5, 0.6) is 0 Å². The third kappa shape index (κ3) is 3.61. The van der Waals surface area contributed by atoms with Crippen LogP contribution in [0.15, 0.2) is 42.5 Å². The Bertz CT molecular complexity index is 912. The predicted molar refractivity (Wildman–Crippen MR) is 84.0 cm³/mol. The summed E-state index contributed by atoms with van der Waals surface area (Å²) in [6, 6.07) is 8.95. The van der Waals surface area contributed by atoms with E-state index in [-0.39, 0.29) is 16.5 Å². The van der Waals surface area contributed by atoms with Crippen molar-refractivity contribution < 1.29 is 18.0 Å². The maximum atomic E-state index is 13.1. The van der Waals surface area contributed by atoms with Crippen LogP contribution in [0.3, 0.4) is 0 Å². The fraction of sp³-hybridized carbons (Fsp3) is 0.0667. The third-order valence-corrected chi connectivity index (χ3v) is 3.53. The number of tetrazole rings is 1. The summed E-state index contributed by atoms with van der Waals surface area (Å²) in [4.78, 5) is 12.4. The molecule has 0 saturated carbocycles. The standard InChI is InChI=1S/C15H9ClF3N5O/c16-8-5-6-10(13-21-23-24-22-13)12(7-8)20-14(25)9-3-1-2-4-11(9)15(17,18)19/h1-7H,(H,20,25)(H,21,22,23,24). The number of carbonyl (C=O) groups excluding carboxylic acids is 1. The first-order valence-electron chi connectivity index (χ1n) is 6.87. The summed E-state index contributed by atoms with van der Waals surface area (Å²) in [5, 5.41) is 16.0. The lowest BCUT2D eigenvalue weighted by molar-refractivity contribution is -0.137. The van der Waals surface area contributed by atoms with Crippen molar-refractivity contribution in [2.24, 2.45) is 0 Å². The van der Waals surface area contributed by atoms with Gasteiger partial charge in [-0.3, -0.25) is 4.79 Å². The Morgan fingerprint density at radius 2 is 1.92 bits per heavy atom. The van der Waals surface area contributed by atoms with E-state index >= 15 is 0 Å². The smallest absolute Gasteiger partial charge is 0.321 e. The molecule has 0 radical (unpaired) electrons. The molecule has 2 N–H and O–H groups in total. The minimum atomic E-state index is -4.65. The fourth-order valence-corrected chi connectivity index (χ4v) is 2.38. The number of aromatic nitrogens is 4. The minimum absolute atomic E-state index is 0.163. The number of carbonyl (C=O) groups is 1. The van der Waals surface area contributed by atoms with E-state index in [0.29, 0.717) is 5.56 Å². The highest BCUT2D eigenvalue weighted by Crippen LogP contribution is 2.33. The molecule has 2 aromatic carbocycles. The van der Waals surface area contributed by atoms with E-state index in [0.717, 1.165) is 12.1 Å². The molecule has 6 nitrogen and oxygen atoms in total. The second-order valence-corrected chi connectivity index (χ2v) is 5.36. The Morgan fingerprint density at radius 3 is 2.60 bits per heavy atom. The molecule has 0 saturated heterocycles. The van der Waals surface area contributed by atoms with Crippen molar-refractivity contribution in [3.63, 3.8) is 0 Å². The normalized spacial score (nSPS) is 11.4. The van der Waals surface area contributed by atoms with Gasteiger partial charge in [0.05, 0.1) is 16.8 Å². The summed E-state index contributed by atoms with van der Waals surface area (Å²) in [6.07, 6.45) is -4.65. The Morgan fingerprint density at radius 1 is 1.16 bits per heavy atom. The molecule has 0 unspecified atom stereocenters. The van der Waals surface area contributed by atoms with E-state index in [9.17, 15) is 18.0 Å². The van der Waals surface area contributed by atoms with Gasteiger partial charge in [0.25, 0.3) is 5.91 Å². The van der Waals surface area contributed by atoms with Gasteiger partial charge in [-0.15, -0.1) is 10.2 Å². The van der Waals surface area contributed by atoms with Crippen LogP contribution in [0.4, 0.5) is 18.9 Å². The third-order valence-electron chi connectivity index (χ3n) is 3.29. The number of nitrogens with zero attached hydrogens (tertiary/aromatic N) is 3. The van der Waals surface area contributed by atoms with E-state index in [4.69, 9.17) is 11.6 Å². The lowest BCUT2D eigenvalue weighted by Gasteiger charge is -2.14. The Hall–Kier alpha value is -2.94. The largest absolute Gasteiger partial charge is 0.417 e. The van der Waals surface area contributed by atoms with Gasteiger partial charge in [-0.25, -0.2) is 0 Å². The number of aromatic amines is 1. The lowest BCUT2D eigenvalue weighted by atomic mass is 10.1. The molecule has 10 heteroatoms.